The standard InChI is InChI=1S/C37H43N5O2/c1-26(43-25-28-18-21-42(22-19-28)24-27-11-6-5-7-12-27)29-16-17-31-33(23-29)41-36(39-31)40-32-14-10-20-38-35(32)44-34-15-9-8-13-30(34)37(2,3)4/h5-17,20,23,26,28H,18-19,21-22,24-25H2,1-4H3,(H2,39,40,41). The van der Waals surface area contributed by atoms with Gasteiger partial charge in [0.25, 0.3) is 0 Å². The van der Waals surface area contributed by atoms with Crippen LogP contribution in [0, 0.1) is 5.92 Å². The summed E-state index contributed by atoms with van der Waals surface area (Å²) in [7, 11) is 0. The molecule has 1 saturated heterocycles. The molecular weight excluding hydrogens is 546 g/mol. The van der Waals surface area contributed by atoms with Crippen molar-refractivity contribution in [3.63, 3.8) is 0 Å². The Morgan fingerprint density at radius 2 is 1.73 bits per heavy atom. The average molecular weight is 590 g/mol. The van der Waals surface area contributed by atoms with Crippen molar-refractivity contribution in [2.24, 2.45) is 5.92 Å². The van der Waals surface area contributed by atoms with Gasteiger partial charge >= 0.3 is 0 Å². The van der Waals surface area contributed by atoms with E-state index in [1.807, 2.05) is 30.3 Å². The van der Waals surface area contributed by atoms with Gasteiger partial charge in [-0.3, -0.25) is 4.90 Å². The van der Waals surface area contributed by atoms with Crippen LogP contribution in [0.3, 0.4) is 0 Å². The van der Waals surface area contributed by atoms with Crippen LogP contribution in [0.15, 0.2) is 91.1 Å². The van der Waals surface area contributed by atoms with Gasteiger partial charge in [-0.15, -0.1) is 0 Å². The molecule has 0 bridgehead atoms. The minimum atomic E-state index is -0.0591. The number of nitrogens with one attached hydrogen (secondary N) is 2. The normalized spacial score (nSPS) is 15.4. The molecule has 1 unspecified atom stereocenters. The minimum absolute atomic E-state index is 0.00247. The summed E-state index contributed by atoms with van der Waals surface area (Å²) >= 11 is 0. The molecule has 44 heavy (non-hydrogen) atoms. The largest absolute Gasteiger partial charge is 0.437 e. The highest BCUT2D eigenvalue weighted by Gasteiger charge is 2.22. The van der Waals surface area contributed by atoms with Gasteiger partial charge in [0.1, 0.15) is 11.4 Å². The number of likely N-dealkylation sites (tertiary alicyclic amines) is 1. The van der Waals surface area contributed by atoms with Gasteiger partial charge in [0.05, 0.1) is 23.7 Å². The summed E-state index contributed by atoms with van der Waals surface area (Å²) in [5.74, 6) is 2.53. The summed E-state index contributed by atoms with van der Waals surface area (Å²) < 4.78 is 12.7. The third-order valence-electron chi connectivity index (χ3n) is 8.44. The number of para-hydroxylation sites is 1. The number of imidazole rings is 1. The number of pyridine rings is 1. The van der Waals surface area contributed by atoms with E-state index in [0.29, 0.717) is 17.7 Å². The van der Waals surface area contributed by atoms with Crippen LogP contribution in [-0.2, 0) is 16.7 Å². The van der Waals surface area contributed by atoms with E-state index in [4.69, 9.17) is 14.5 Å². The molecule has 1 aliphatic heterocycles. The molecule has 0 amide bonds. The van der Waals surface area contributed by atoms with Crippen LogP contribution < -0.4 is 10.1 Å². The molecule has 0 radical (unpaired) electrons. The topological polar surface area (TPSA) is 75.3 Å². The van der Waals surface area contributed by atoms with E-state index in [1.54, 1.807) is 6.20 Å². The number of H-pyrrole nitrogens is 1. The van der Waals surface area contributed by atoms with Crippen molar-refractivity contribution in [3.8, 4) is 11.6 Å². The molecule has 0 aliphatic carbocycles. The number of fused-ring (bicyclic) bond motifs is 1. The molecule has 6 rings (SSSR count). The molecule has 1 fully saturated rings. The van der Waals surface area contributed by atoms with Crippen molar-refractivity contribution in [1.29, 1.82) is 0 Å². The van der Waals surface area contributed by atoms with E-state index in [1.165, 1.54) is 18.4 Å². The maximum atomic E-state index is 6.38. The molecule has 5 aromatic rings. The quantitative estimate of drug-likeness (QED) is 0.170. The second-order valence-corrected chi connectivity index (χ2v) is 12.9. The van der Waals surface area contributed by atoms with Crippen LogP contribution in [-0.4, -0.2) is 39.5 Å². The number of nitrogens with zero attached hydrogens (tertiary/aromatic N) is 3. The Labute approximate surface area is 260 Å². The Morgan fingerprint density at radius 1 is 0.955 bits per heavy atom. The molecule has 1 atom stereocenters. The van der Waals surface area contributed by atoms with Gasteiger partial charge in [-0.1, -0.05) is 75.4 Å². The van der Waals surface area contributed by atoms with Gasteiger partial charge in [-0.2, -0.15) is 0 Å². The van der Waals surface area contributed by atoms with Crippen molar-refractivity contribution in [2.45, 2.75) is 58.6 Å². The maximum Gasteiger partial charge on any atom is 0.243 e. The lowest BCUT2D eigenvalue weighted by Gasteiger charge is -2.32. The number of aromatic amines is 1. The summed E-state index contributed by atoms with van der Waals surface area (Å²) in [6.45, 7) is 12.7. The summed E-state index contributed by atoms with van der Waals surface area (Å²) in [6, 6.07) is 29.0. The van der Waals surface area contributed by atoms with E-state index in [-0.39, 0.29) is 11.5 Å². The van der Waals surface area contributed by atoms with Gasteiger partial charge in [0, 0.05) is 18.3 Å². The van der Waals surface area contributed by atoms with E-state index in [0.717, 1.165) is 59.8 Å². The Hall–Kier alpha value is -4.20. The highest BCUT2D eigenvalue weighted by Crippen LogP contribution is 2.36. The molecule has 3 heterocycles. The molecule has 7 nitrogen and oxygen atoms in total. The van der Waals surface area contributed by atoms with Crippen LogP contribution in [0.5, 0.6) is 11.6 Å². The average Bonchev–Trinajstić information content (AvgIpc) is 3.43. The zero-order valence-electron chi connectivity index (χ0n) is 26.2. The van der Waals surface area contributed by atoms with Crippen molar-refractivity contribution in [3.05, 3.63) is 108 Å². The number of anilines is 2. The number of ether oxygens (including phenoxy) is 2. The van der Waals surface area contributed by atoms with Crippen LogP contribution in [0.2, 0.25) is 0 Å². The smallest absolute Gasteiger partial charge is 0.243 e. The zero-order valence-corrected chi connectivity index (χ0v) is 26.2. The fourth-order valence-electron chi connectivity index (χ4n) is 5.84. The Kier molecular flexibility index (Phi) is 8.96. The second-order valence-electron chi connectivity index (χ2n) is 12.9. The number of rotatable bonds is 10. The van der Waals surface area contributed by atoms with Gasteiger partial charge in [0.15, 0.2) is 0 Å². The summed E-state index contributed by atoms with van der Waals surface area (Å²) in [5, 5.41) is 3.39. The molecule has 7 heteroatoms. The predicted molar refractivity (Wildman–Crippen MR) is 178 cm³/mol. The van der Waals surface area contributed by atoms with Gasteiger partial charge < -0.3 is 19.8 Å². The lowest BCUT2D eigenvalue weighted by Crippen LogP contribution is -2.34. The summed E-state index contributed by atoms with van der Waals surface area (Å²) in [5.41, 5.74) is 6.17. The van der Waals surface area contributed by atoms with Crippen LogP contribution in [0.1, 0.15) is 63.3 Å². The predicted octanol–water partition coefficient (Wildman–Crippen LogP) is 8.78. The fraction of sp³-hybridized carbons (Fsp3) is 0.351. The fourth-order valence-corrected chi connectivity index (χ4v) is 5.84. The summed E-state index contributed by atoms with van der Waals surface area (Å²) in [4.78, 5) is 15.3. The highest BCUT2D eigenvalue weighted by molar-refractivity contribution is 5.79. The van der Waals surface area contributed by atoms with Crippen LogP contribution in [0.25, 0.3) is 11.0 Å². The molecule has 0 saturated carbocycles. The Morgan fingerprint density at radius 3 is 2.52 bits per heavy atom. The van der Waals surface area contributed by atoms with E-state index in [2.05, 4.69) is 102 Å². The number of hydrogen-bond acceptors (Lipinski definition) is 6. The van der Waals surface area contributed by atoms with Crippen molar-refractivity contribution >= 4 is 22.7 Å². The molecule has 0 spiro atoms. The number of benzene rings is 3. The SMILES string of the molecule is CC(OCC1CCN(Cc2ccccc2)CC1)c1ccc2nc(Nc3cccnc3Oc3ccccc3C(C)(C)C)[nH]c2c1. The number of hydrogen-bond donors (Lipinski definition) is 2. The lowest BCUT2D eigenvalue weighted by molar-refractivity contribution is 0.0199. The summed E-state index contributed by atoms with van der Waals surface area (Å²) in [6.07, 6.45) is 4.09. The van der Waals surface area contributed by atoms with Crippen molar-refractivity contribution in [2.75, 3.05) is 25.0 Å². The lowest BCUT2D eigenvalue weighted by atomic mass is 9.86. The van der Waals surface area contributed by atoms with Gasteiger partial charge in [-0.25, -0.2) is 9.97 Å². The molecule has 2 aromatic heterocycles. The Bertz CT molecular complexity index is 1670. The van der Waals surface area contributed by atoms with Crippen LogP contribution >= 0.6 is 0 Å². The first-order valence-corrected chi connectivity index (χ1v) is 15.7. The molecule has 1 aliphatic rings. The third kappa shape index (κ3) is 7.29. The van der Waals surface area contributed by atoms with Crippen molar-refractivity contribution < 1.29 is 9.47 Å². The first-order valence-electron chi connectivity index (χ1n) is 15.7. The van der Waals surface area contributed by atoms with E-state index in [9.17, 15) is 0 Å². The minimum Gasteiger partial charge on any atom is -0.437 e. The Balaban J connectivity index is 1.06. The monoisotopic (exact) mass is 589 g/mol. The van der Waals surface area contributed by atoms with Crippen molar-refractivity contribution in [1.82, 2.24) is 19.9 Å². The molecule has 228 valence electrons. The van der Waals surface area contributed by atoms with Crippen LogP contribution in [0.4, 0.5) is 11.6 Å². The van der Waals surface area contributed by atoms with E-state index < -0.39 is 0 Å². The zero-order chi connectivity index (χ0) is 30.5. The molecular formula is C37H43N5O2. The first-order chi connectivity index (χ1) is 21.3. The van der Waals surface area contributed by atoms with E-state index >= 15 is 0 Å². The molecule has 2 N–H and O–H groups in total. The maximum absolute atomic E-state index is 6.38. The van der Waals surface area contributed by atoms with Gasteiger partial charge in [0.2, 0.25) is 11.8 Å². The number of aromatic nitrogens is 3. The molecule has 3 aromatic carbocycles. The number of piperidine rings is 1. The third-order valence-corrected chi connectivity index (χ3v) is 8.44. The highest BCUT2D eigenvalue weighted by atomic mass is 16.5. The second kappa shape index (κ2) is 13.2. The first kappa shape index (κ1) is 29.9. The van der Waals surface area contributed by atoms with Gasteiger partial charge in [-0.05, 0) is 85.6 Å².